The summed E-state index contributed by atoms with van der Waals surface area (Å²) in [6, 6.07) is 0. The average molecular weight is 137 g/mol. The SMILES string of the molecule is C=C/N=C\n1nnnc1C. The van der Waals surface area contributed by atoms with Crippen molar-refractivity contribution in [1.82, 2.24) is 20.2 Å². The van der Waals surface area contributed by atoms with E-state index >= 15 is 0 Å². The Balaban J connectivity index is 2.83. The lowest BCUT2D eigenvalue weighted by molar-refractivity contribution is 0.825. The average Bonchev–Trinajstić information content (AvgIpc) is 2.31. The molecule has 0 atom stereocenters. The molecule has 0 aliphatic heterocycles. The van der Waals surface area contributed by atoms with Crippen molar-refractivity contribution in [1.29, 1.82) is 0 Å². The van der Waals surface area contributed by atoms with Gasteiger partial charge in [-0.25, -0.2) is 4.99 Å². The lowest BCUT2D eigenvalue weighted by atomic mass is 10.7. The number of nitrogens with zero attached hydrogens (tertiary/aromatic N) is 5. The van der Waals surface area contributed by atoms with Gasteiger partial charge < -0.3 is 0 Å². The molecule has 0 aliphatic rings. The molecule has 5 heteroatoms. The highest BCUT2D eigenvalue weighted by atomic mass is 15.5. The monoisotopic (exact) mass is 137 g/mol. The minimum absolute atomic E-state index is 0.700. The number of hydrogen-bond acceptors (Lipinski definition) is 4. The summed E-state index contributed by atoms with van der Waals surface area (Å²) in [4.78, 5) is 3.73. The third kappa shape index (κ3) is 1.25. The van der Waals surface area contributed by atoms with Gasteiger partial charge in [0, 0.05) is 6.20 Å². The Labute approximate surface area is 58.1 Å². The van der Waals surface area contributed by atoms with Crippen molar-refractivity contribution in [3.63, 3.8) is 0 Å². The maximum atomic E-state index is 3.73. The second kappa shape index (κ2) is 2.86. The van der Waals surface area contributed by atoms with Gasteiger partial charge in [0.25, 0.3) is 0 Å². The van der Waals surface area contributed by atoms with Crippen molar-refractivity contribution in [2.75, 3.05) is 0 Å². The van der Waals surface area contributed by atoms with Crippen molar-refractivity contribution in [3.05, 3.63) is 18.6 Å². The zero-order valence-electron chi connectivity index (χ0n) is 5.60. The van der Waals surface area contributed by atoms with Crippen molar-refractivity contribution in [2.24, 2.45) is 4.99 Å². The Kier molecular flexibility index (Phi) is 1.89. The Bertz CT molecular complexity index is 248. The minimum Gasteiger partial charge on any atom is -0.245 e. The molecule has 0 spiro atoms. The van der Waals surface area contributed by atoms with Gasteiger partial charge in [0.2, 0.25) is 0 Å². The molecule has 0 bridgehead atoms. The fourth-order valence-corrected chi connectivity index (χ4v) is 0.455. The van der Waals surface area contributed by atoms with Gasteiger partial charge in [-0.3, -0.25) is 0 Å². The van der Waals surface area contributed by atoms with Crippen molar-refractivity contribution >= 4 is 6.34 Å². The van der Waals surface area contributed by atoms with E-state index in [4.69, 9.17) is 0 Å². The normalized spacial score (nSPS) is 10.5. The van der Waals surface area contributed by atoms with E-state index < -0.39 is 0 Å². The van der Waals surface area contributed by atoms with Gasteiger partial charge in [-0.15, -0.1) is 5.10 Å². The molecule has 0 fully saturated rings. The number of aliphatic imine (C=N–C) groups is 1. The van der Waals surface area contributed by atoms with Gasteiger partial charge in [-0.1, -0.05) is 6.58 Å². The third-order valence-electron chi connectivity index (χ3n) is 0.939. The summed E-state index contributed by atoms with van der Waals surface area (Å²) >= 11 is 0. The summed E-state index contributed by atoms with van der Waals surface area (Å²) in [6.07, 6.45) is 2.91. The number of hydrogen-bond donors (Lipinski definition) is 0. The smallest absolute Gasteiger partial charge is 0.154 e. The zero-order chi connectivity index (χ0) is 7.40. The third-order valence-corrected chi connectivity index (χ3v) is 0.939. The van der Waals surface area contributed by atoms with E-state index in [-0.39, 0.29) is 0 Å². The van der Waals surface area contributed by atoms with Crippen LogP contribution in [0.15, 0.2) is 17.8 Å². The van der Waals surface area contributed by atoms with E-state index in [1.54, 1.807) is 6.92 Å². The molecule has 1 rings (SSSR count). The summed E-state index contributed by atoms with van der Waals surface area (Å²) in [5.41, 5.74) is 0. The molecule has 0 saturated carbocycles. The number of tetrazole rings is 1. The molecule has 0 N–H and O–H groups in total. The highest BCUT2D eigenvalue weighted by molar-refractivity contribution is 5.57. The Hall–Kier alpha value is -1.52. The first-order valence-electron chi connectivity index (χ1n) is 2.73. The molecular formula is C5H7N5. The topological polar surface area (TPSA) is 56.0 Å². The van der Waals surface area contributed by atoms with Crippen LogP contribution >= 0.6 is 0 Å². The second-order valence-corrected chi connectivity index (χ2v) is 1.62. The van der Waals surface area contributed by atoms with Crippen molar-refractivity contribution in [2.45, 2.75) is 6.92 Å². The molecule has 10 heavy (non-hydrogen) atoms. The van der Waals surface area contributed by atoms with Gasteiger partial charge in [0.15, 0.2) is 5.82 Å². The second-order valence-electron chi connectivity index (χ2n) is 1.62. The van der Waals surface area contributed by atoms with Crippen LogP contribution in [0.5, 0.6) is 0 Å². The van der Waals surface area contributed by atoms with E-state index in [0.29, 0.717) is 5.82 Å². The number of rotatable bonds is 2. The van der Waals surface area contributed by atoms with E-state index in [1.807, 2.05) is 0 Å². The van der Waals surface area contributed by atoms with E-state index in [2.05, 4.69) is 27.1 Å². The molecule has 52 valence electrons. The minimum atomic E-state index is 0.700. The summed E-state index contributed by atoms with van der Waals surface area (Å²) in [5.74, 6) is 0.700. The summed E-state index contributed by atoms with van der Waals surface area (Å²) in [6.45, 7) is 5.20. The first-order valence-corrected chi connectivity index (χ1v) is 2.73. The van der Waals surface area contributed by atoms with Crippen LogP contribution in [0, 0.1) is 6.92 Å². The molecule has 0 amide bonds. The van der Waals surface area contributed by atoms with Crippen LogP contribution in [0.2, 0.25) is 0 Å². The molecule has 1 aromatic rings. The molecule has 5 nitrogen and oxygen atoms in total. The molecule has 0 radical (unpaired) electrons. The molecule has 1 aromatic heterocycles. The highest BCUT2D eigenvalue weighted by Gasteiger charge is 1.92. The summed E-state index contributed by atoms with van der Waals surface area (Å²) in [7, 11) is 0. The molecular weight excluding hydrogens is 130 g/mol. The zero-order valence-corrected chi connectivity index (χ0v) is 5.60. The van der Waals surface area contributed by atoms with E-state index in [0.717, 1.165) is 0 Å². The lowest BCUT2D eigenvalue weighted by Crippen LogP contribution is -1.99. The van der Waals surface area contributed by atoms with Gasteiger partial charge in [0.1, 0.15) is 6.34 Å². The van der Waals surface area contributed by atoms with Gasteiger partial charge in [-0.05, 0) is 17.4 Å². The predicted molar refractivity (Wildman–Crippen MR) is 36.6 cm³/mol. The Morgan fingerprint density at radius 3 is 3.00 bits per heavy atom. The maximum Gasteiger partial charge on any atom is 0.154 e. The maximum absolute atomic E-state index is 3.73. The van der Waals surface area contributed by atoms with Crippen LogP contribution in [0.1, 0.15) is 5.82 Å². The van der Waals surface area contributed by atoms with Gasteiger partial charge >= 0.3 is 0 Å². The first kappa shape index (κ1) is 6.60. The van der Waals surface area contributed by atoms with Crippen LogP contribution in [-0.2, 0) is 0 Å². The number of aromatic nitrogens is 4. The fraction of sp³-hybridized carbons (Fsp3) is 0.200. The highest BCUT2D eigenvalue weighted by Crippen LogP contribution is 1.81. The summed E-state index contributed by atoms with van der Waals surface area (Å²) < 4.78 is 1.46. The lowest BCUT2D eigenvalue weighted by Gasteiger charge is -1.85. The van der Waals surface area contributed by atoms with Crippen LogP contribution < -0.4 is 0 Å². The standard InChI is InChI=1S/C5H7N5/c1-3-6-4-10-5(2)7-8-9-10/h3-4H,1H2,2H3/b6-4-. The van der Waals surface area contributed by atoms with Crippen LogP contribution in [0.25, 0.3) is 0 Å². The largest absolute Gasteiger partial charge is 0.245 e. The summed E-state index contributed by atoms with van der Waals surface area (Å²) in [5, 5.41) is 10.7. The molecule has 1 heterocycles. The van der Waals surface area contributed by atoms with E-state index in [9.17, 15) is 0 Å². The van der Waals surface area contributed by atoms with Gasteiger partial charge in [0.05, 0.1) is 0 Å². The molecule has 0 unspecified atom stereocenters. The molecule has 0 saturated heterocycles. The van der Waals surface area contributed by atoms with Crippen molar-refractivity contribution in [3.8, 4) is 0 Å². The predicted octanol–water partition coefficient (Wildman–Crippen LogP) is 0.00142. The Morgan fingerprint density at radius 1 is 1.70 bits per heavy atom. The first-order chi connectivity index (χ1) is 4.84. The number of aryl methyl sites for hydroxylation is 1. The van der Waals surface area contributed by atoms with Gasteiger partial charge in [-0.2, -0.15) is 4.68 Å². The van der Waals surface area contributed by atoms with Crippen LogP contribution in [-0.4, -0.2) is 26.5 Å². The fourth-order valence-electron chi connectivity index (χ4n) is 0.455. The molecule has 0 aromatic carbocycles. The quantitative estimate of drug-likeness (QED) is 0.426. The van der Waals surface area contributed by atoms with Crippen LogP contribution in [0.3, 0.4) is 0 Å². The van der Waals surface area contributed by atoms with Crippen molar-refractivity contribution < 1.29 is 0 Å². The van der Waals surface area contributed by atoms with E-state index in [1.165, 1.54) is 17.2 Å². The Morgan fingerprint density at radius 2 is 2.50 bits per heavy atom. The molecule has 0 aliphatic carbocycles. The van der Waals surface area contributed by atoms with Crippen LogP contribution in [0.4, 0.5) is 0 Å².